The van der Waals surface area contributed by atoms with Crippen molar-refractivity contribution in [3.8, 4) is 0 Å². The molecular weight excluding hydrogens is 515 g/mol. The van der Waals surface area contributed by atoms with Crippen LogP contribution in [-0.2, 0) is 10.0 Å². The van der Waals surface area contributed by atoms with Gasteiger partial charge in [-0.2, -0.15) is 8.75 Å². The molecule has 1 unspecified atom stereocenters. The molecule has 0 spiro atoms. The molecule has 0 aliphatic heterocycles. The maximum Gasteiger partial charge on any atom is 0.264 e. The number of benzene rings is 3. The van der Waals surface area contributed by atoms with E-state index in [1.54, 1.807) is 42.5 Å². The van der Waals surface area contributed by atoms with Crippen LogP contribution < -0.4 is 10.0 Å². The van der Waals surface area contributed by atoms with Gasteiger partial charge in [0.05, 0.1) is 33.0 Å². The summed E-state index contributed by atoms with van der Waals surface area (Å²) in [6.45, 7) is 4.08. The van der Waals surface area contributed by atoms with Gasteiger partial charge in [0.15, 0.2) is 0 Å². The molecule has 4 rings (SSSR count). The molecule has 11 heteroatoms. The average molecular weight is 535 g/mol. The number of anilines is 1. The van der Waals surface area contributed by atoms with Gasteiger partial charge in [0.1, 0.15) is 15.9 Å². The minimum Gasteiger partial charge on any atom is -0.351 e. The van der Waals surface area contributed by atoms with E-state index >= 15 is 0 Å². The number of aryl methyl sites for hydroxylation is 1. The van der Waals surface area contributed by atoms with Crippen molar-refractivity contribution in [2.45, 2.75) is 24.7 Å². The van der Waals surface area contributed by atoms with Gasteiger partial charge in [-0.3, -0.25) is 9.52 Å². The minimum atomic E-state index is -4.02. The van der Waals surface area contributed by atoms with Crippen molar-refractivity contribution in [2.24, 2.45) is 0 Å². The molecular formula is C23H20Cl2N4O3S2. The van der Waals surface area contributed by atoms with Crippen molar-refractivity contribution < 1.29 is 13.2 Å². The van der Waals surface area contributed by atoms with Gasteiger partial charge in [0, 0.05) is 6.54 Å². The lowest BCUT2D eigenvalue weighted by Crippen LogP contribution is -2.28. The van der Waals surface area contributed by atoms with Gasteiger partial charge in [-0.15, -0.1) is 0 Å². The van der Waals surface area contributed by atoms with Gasteiger partial charge in [-0.25, -0.2) is 8.42 Å². The topological polar surface area (TPSA) is 101 Å². The molecule has 176 valence electrons. The number of carbonyl (C=O) groups excluding carboxylic acids is 1. The molecule has 1 amide bonds. The maximum absolute atomic E-state index is 13.2. The van der Waals surface area contributed by atoms with Crippen LogP contribution in [-0.4, -0.2) is 29.6 Å². The molecule has 0 fully saturated rings. The van der Waals surface area contributed by atoms with E-state index in [4.69, 9.17) is 23.2 Å². The molecule has 2 N–H and O–H groups in total. The number of nitrogens with one attached hydrogen (secondary N) is 2. The highest BCUT2D eigenvalue weighted by Gasteiger charge is 2.23. The molecule has 1 heterocycles. The first-order valence-corrected chi connectivity index (χ1v) is 13.2. The molecule has 0 radical (unpaired) electrons. The van der Waals surface area contributed by atoms with Gasteiger partial charge >= 0.3 is 0 Å². The van der Waals surface area contributed by atoms with Crippen molar-refractivity contribution in [2.75, 3.05) is 11.3 Å². The summed E-state index contributed by atoms with van der Waals surface area (Å²) in [6.07, 6.45) is 0. The third-order valence-electron chi connectivity index (χ3n) is 5.28. The largest absolute Gasteiger partial charge is 0.351 e. The Labute approximate surface area is 211 Å². The molecule has 1 aromatic heterocycles. The van der Waals surface area contributed by atoms with E-state index in [-0.39, 0.29) is 27.6 Å². The average Bonchev–Trinajstić information content (AvgIpc) is 3.27. The monoisotopic (exact) mass is 534 g/mol. The summed E-state index contributed by atoms with van der Waals surface area (Å²) < 4.78 is 37.1. The Morgan fingerprint density at radius 3 is 2.62 bits per heavy atom. The lowest BCUT2D eigenvalue weighted by molar-refractivity contribution is 0.0952. The molecule has 0 aliphatic carbocycles. The van der Waals surface area contributed by atoms with Crippen LogP contribution in [0, 0.1) is 6.92 Å². The Morgan fingerprint density at radius 2 is 1.85 bits per heavy atom. The molecule has 0 aliphatic rings. The highest BCUT2D eigenvalue weighted by Crippen LogP contribution is 2.28. The van der Waals surface area contributed by atoms with E-state index < -0.39 is 15.9 Å². The lowest BCUT2D eigenvalue weighted by Gasteiger charge is -2.16. The van der Waals surface area contributed by atoms with Crippen molar-refractivity contribution >= 4 is 67.6 Å². The Morgan fingerprint density at radius 1 is 1.06 bits per heavy atom. The number of hydrogen-bond donors (Lipinski definition) is 2. The van der Waals surface area contributed by atoms with E-state index in [0.29, 0.717) is 22.1 Å². The van der Waals surface area contributed by atoms with E-state index in [1.165, 1.54) is 6.07 Å². The number of amides is 1. The highest BCUT2D eigenvalue weighted by molar-refractivity contribution is 7.93. The Bertz CT molecular complexity index is 1490. The zero-order valence-corrected chi connectivity index (χ0v) is 21.3. The quantitative estimate of drug-likeness (QED) is 0.319. The Kier molecular flexibility index (Phi) is 7.09. The van der Waals surface area contributed by atoms with Crippen molar-refractivity contribution in [3.05, 3.63) is 81.3 Å². The molecule has 3 aromatic carbocycles. The second-order valence-corrected chi connectivity index (χ2v) is 10.8. The number of sulfonamides is 1. The molecule has 0 saturated carbocycles. The van der Waals surface area contributed by atoms with E-state index in [2.05, 4.69) is 18.8 Å². The summed E-state index contributed by atoms with van der Waals surface area (Å²) in [7, 11) is -4.02. The lowest BCUT2D eigenvalue weighted by atomic mass is 10.0. The van der Waals surface area contributed by atoms with Crippen LogP contribution in [0.5, 0.6) is 0 Å². The summed E-state index contributed by atoms with van der Waals surface area (Å²) in [6, 6.07) is 15.0. The molecule has 7 nitrogen and oxygen atoms in total. The smallest absolute Gasteiger partial charge is 0.264 e. The van der Waals surface area contributed by atoms with E-state index in [1.807, 2.05) is 19.9 Å². The molecule has 0 bridgehead atoms. The first-order valence-electron chi connectivity index (χ1n) is 10.2. The standard InChI is InChI=1S/C23H20Cl2N4O3S2/c1-13-6-8-16(23(30)26-12-14(2)15-7-9-17(24)18(25)11-15)20(10-13)29-34(31,32)21-5-3-4-19-22(21)28-33-27-19/h3-11,14,29H,12H2,1-2H3,(H,26,30). The molecule has 34 heavy (non-hydrogen) atoms. The number of fused-ring (bicyclic) bond motifs is 1. The number of aromatic nitrogens is 2. The van der Waals surface area contributed by atoms with E-state index in [9.17, 15) is 13.2 Å². The first-order chi connectivity index (χ1) is 16.2. The molecule has 0 saturated heterocycles. The van der Waals surface area contributed by atoms with E-state index in [0.717, 1.165) is 22.9 Å². The summed E-state index contributed by atoms with van der Waals surface area (Å²) in [5, 5.41) is 3.77. The summed E-state index contributed by atoms with van der Waals surface area (Å²) in [5.74, 6) is -0.447. The van der Waals surface area contributed by atoms with Gasteiger partial charge < -0.3 is 5.32 Å². The minimum absolute atomic E-state index is 0.000136. The van der Waals surface area contributed by atoms with Crippen LogP contribution in [0.3, 0.4) is 0 Å². The zero-order valence-electron chi connectivity index (χ0n) is 18.2. The van der Waals surface area contributed by atoms with Gasteiger partial charge in [0.2, 0.25) is 0 Å². The fourth-order valence-corrected chi connectivity index (χ4v) is 5.56. The molecule has 1 atom stereocenters. The predicted molar refractivity (Wildman–Crippen MR) is 137 cm³/mol. The Hall–Kier alpha value is -2.72. The van der Waals surface area contributed by atoms with Crippen molar-refractivity contribution in [1.29, 1.82) is 0 Å². The van der Waals surface area contributed by atoms with Crippen LogP contribution >= 0.6 is 34.9 Å². The maximum atomic E-state index is 13.2. The summed E-state index contributed by atoms with van der Waals surface area (Å²) >= 11 is 13.0. The third-order valence-corrected chi connectivity index (χ3v) is 7.96. The number of rotatable bonds is 7. The number of halogens is 2. The molecule has 4 aromatic rings. The van der Waals surface area contributed by atoms with Crippen LogP contribution in [0.15, 0.2) is 59.5 Å². The highest BCUT2D eigenvalue weighted by atomic mass is 35.5. The third kappa shape index (κ3) is 5.17. The van der Waals surface area contributed by atoms with Crippen LogP contribution in [0.25, 0.3) is 11.0 Å². The Balaban J connectivity index is 1.56. The zero-order chi connectivity index (χ0) is 24.5. The summed E-state index contributed by atoms with van der Waals surface area (Å²) in [5.41, 5.74) is 2.89. The summed E-state index contributed by atoms with van der Waals surface area (Å²) in [4.78, 5) is 13.0. The van der Waals surface area contributed by atoms with Gasteiger partial charge in [0.25, 0.3) is 15.9 Å². The van der Waals surface area contributed by atoms with Crippen molar-refractivity contribution in [3.63, 3.8) is 0 Å². The fourth-order valence-electron chi connectivity index (χ4n) is 3.42. The SMILES string of the molecule is Cc1ccc(C(=O)NCC(C)c2ccc(Cl)c(Cl)c2)c(NS(=O)(=O)c2cccc3nsnc23)c1. The first kappa shape index (κ1) is 24.4. The van der Waals surface area contributed by atoms with Crippen LogP contribution in [0.1, 0.15) is 34.3 Å². The normalized spacial score (nSPS) is 12.5. The number of nitrogens with zero attached hydrogens (tertiary/aromatic N) is 2. The fraction of sp³-hybridized carbons (Fsp3) is 0.174. The number of hydrogen-bond acceptors (Lipinski definition) is 6. The van der Waals surface area contributed by atoms with Crippen molar-refractivity contribution in [1.82, 2.24) is 14.1 Å². The predicted octanol–water partition coefficient (Wildman–Crippen LogP) is 5.64. The van der Waals surface area contributed by atoms with Gasteiger partial charge in [-0.05, 0) is 60.4 Å². The second-order valence-electron chi connectivity index (χ2n) is 7.83. The van der Waals surface area contributed by atoms with Gasteiger partial charge in [-0.1, -0.05) is 48.3 Å². The number of carbonyl (C=O) groups is 1. The van der Waals surface area contributed by atoms with Crippen LogP contribution in [0.4, 0.5) is 5.69 Å². The van der Waals surface area contributed by atoms with Crippen LogP contribution in [0.2, 0.25) is 10.0 Å². The second kappa shape index (κ2) is 9.87.